The van der Waals surface area contributed by atoms with Crippen molar-refractivity contribution in [2.24, 2.45) is 0 Å². The lowest BCUT2D eigenvalue weighted by Crippen LogP contribution is -2.23. The third-order valence-electron chi connectivity index (χ3n) is 3.21. The molecule has 0 spiro atoms. The van der Waals surface area contributed by atoms with Gasteiger partial charge in [-0.05, 0) is 19.9 Å². The summed E-state index contributed by atoms with van der Waals surface area (Å²) in [7, 11) is 0. The van der Waals surface area contributed by atoms with Crippen LogP contribution in [0.4, 0.5) is 13.2 Å². The van der Waals surface area contributed by atoms with E-state index in [-0.39, 0.29) is 16.6 Å². The van der Waals surface area contributed by atoms with Gasteiger partial charge in [0.25, 0.3) is 5.78 Å². The number of nitrogens with zero attached hydrogens (tertiary/aromatic N) is 2. The first kappa shape index (κ1) is 14.1. The van der Waals surface area contributed by atoms with Gasteiger partial charge in [0, 0.05) is 11.1 Å². The summed E-state index contributed by atoms with van der Waals surface area (Å²) >= 11 is 0. The van der Waals surface area contributed by atoms with Crippen molar-refractivity contribution in [2.75, 3.05) is 0 Å². The molecule has 1 aromatic heterocycles. The van der Waals surface area contributed by atoms with Crippen LogP contribution in [0.25, 0.3) is 10.9 Å². The highest BCUT2D eigenvalue weighted by Crippen LogP contribution is 2.33. The number of alkyl halides is 3. The van der Waals surface area contributed by atoms with Gasteiger partial charge in [0.05, 0.1) is 17.1 Å². The van der Waals surface area contributed by atoms with Crippen LogP contribution in [0, 0.1) is 18.3 Å². The van der Waals surface area contributed by atoms with Crippen molar-refractivity contribution in [3.63, 3.8) is 0 Å². The normalized spacial score (nSPS) is 13.2. The summed E-state index contributed by atoms with van der Waals surface area (Å²) in [5.41, 5.74) is 0.226. The molecule has 3 nitrogen and oxygen atoms in total. The Bertz CT molecular complexity index is 722. The zero-order valence-electron chi connectivity index (χ0n) is 10.8. The van der Waals surface area contributed by atoms with Crippen LogP contribution in [0.3, 0.4) is 0 Å². The summed E-state index contributed by atoms with van der Waals surface area (Å²) in [5, 5.41) is 9.22. The highest BCUT2D eigenvalue weighted by Gasteiger charge is 2.42. The van der Waals surface area contributed by atoms with E-state index in [2.05, 4.69) is 0 Å². The van der Waals surface area contributed by atoms with Crippen molar-refractivity contribution >= 4 is 16.7 Å². The van der Waals surface area contributed by atoms with E-state index in [0.29, 0.717) is 5.52 Å². The van der Waals surface area contributed by atoms with Crippen LogP contribution >= 0.6 is 0 Å². The molecule has 1 aromatic carbocycles. The lowest BCUT2D eigenvalue weighted by Gasteiger charge is -2.10. The highest BCUT2D eigenvalue weighted by atomic mass is 19.4. The summed E-state index contributed by atoms with van der Waals surface area (Å²) in [6, 6.07) is 7.60. The fourth-order valence-electron chi connectivity index (χ4n) is 2.38. The van der Waals surface area contributed by atoms with E-state index in [9.17, 15) is 18.0 Å². The van der Waals surface area contributed by atoms with Gasteiger partial charge in [-0.3, -0.25) is 4.79 Å². The third-order valence-corrected chi connectivity index (χ3v) is 3.21. The molecular formula is C14H11F3N2O. The maximum atomic E-state index is 12.7. The maximum absolute atomic E-state index is 12.7. The van der Waals surface area contributed by atoms with Crippen molar-refractivity contribution in [1.29, 1.82) is 5.26 Å². The molecule has 2 aromatic rings. The minimum absolute atomic E-state index is 0.155. The largest absolute Gasteiger partial charge is 0.454 e. The molecule has 0 bridgehead atoms. The molecule has 0 aliphatic carbocycles. The second-order valence-corrected chi connectivity index (χ2v) is 4.48. The monoisotopic (exact) mass is 280 g/mol. The maximum Gasteiger partial charge on any atom is 0.454 e. The van der Waals surface area contributed by atoms with Crippen LogP contribution in [0.2, 0.25) is 0 Å². The van der Waals surface area contributed by atoms with Gasteiger partial charge in [0.2, 0.25) is 0 Å². The second kappa shape index (κ2) is 4.67. The molecule has 2 rings (SSSR count). The van der Waals surface area contributed by atoms with E-state index in [0.717, 1.165) is 0 Å². The summed E-state index contributed by atoms with van der Waals surface area (Å²) < 4.78 is 39.6. The number of nitriles is 1. The number of ketones is 1. The van der Waals surface area contributed by atoms with Crippen LogP contribution in [0.1, 0.15) is 29.0 Å². The van der Waals surface area contributed by atoms with E-state index < -0.39 is 18.0 Å². The van der Waals surface area contributed by atoms with Gasteiger partial charge in [-0.25, -0.2) is 0 Å². The van der Waals surface area contributed by atoms with Crippen LogP contribution in [-0.2, 0) is 0 Å². The summed E-state index contributed by atoms with van der Waals surface area (Å²) in [6.45, 7) is 2.99. The molecule has 6 heteroatoms. The Morgan fingerprint density at radius 3 is 2.50 bits per heavy atom. The number of para-hydroxylation sites is 1. The predicted octanol–water partition coefficient (Wildman–Crippen LogP) is 3.78. The molecule has 0 amide bonds. The van der Waals surface area contributed by atoms with E-state index in [4.69, 9.17) is 5.26 Å². The number of Topliss-reactive ketones (excluding diaryl/α,β-unsaturated/α-hetero) is 1. The van der Waals surface area contributed by atoms with Gasteiger partial charge in [-0.1, -0.05) is 18.2 Å². The molecule has 0 aliphatic heterocycles. The average molecular weight is 280 g/mol. The number of hydrogen-bond donors (Lipinski definition) is 0. The van der Waals surface area contributed by atoms with E-state index in [1.165, 1.54) is 17.6 Å². The Morgan fingerprint density at radius 1 is 1.35 bits per heavy atom. The molecule has 1 atom stereocenters. The zero-order valence-corrected chi connectivity index (χ0v) is 10.8. The fraction of sp³-hybridized carbons (Fsp3) is 0.286. The van der Waals surface area contributed by atoms with E-state index >= 15 is 0 Å². The van der Waals surface area contributed by atoms with Crippen molar-refractivity contribution in [3.8, 4) is 6.07 Å². The topological polar surface area (TPSA) is 45.8 Å². The number of benzene rings is 1. The summed E-state index contributed by atoms with van der Waals surface area (Å²) in [6.07, 6.45) is -4.93. The molecule has 0 radical (unpaired) electrons. The van der Waals surface area contributed by atoms with Crippen LogP contribution < -0.4 is 0 Å². The molecule has 0 saturated heterocycles. The van der Waals surface area contributed by atoms with Gasteiger partial charge < -0.3 is 4.57 Å². The Hall–Kier alpha value is -2.29. The zero-order chi connectivity index (χ0) is 15.1. The van der Waals surface area contributed by atoms with Gasteiger partial charge in [0.15, 0.2) is 0 Å². The third kappa shape index (κ3) is 2.05. The number of fused-ring (bicyclic) bond motifs is 1. The quantitative estimate of drug-likeness (QED) is 0.786. The minimum atomic E-state index is -4.93. The van der Waals surface area contributed by atoms with Gasteiger partial charge in [0.1, 0.15) is 6.04 Å². The minimum Gasteiger partial charge on any atom is -0.328 e. The number of carbonyl (C=O) groups excluding carboxylic acids is 1. The molecule has 104 valence electrons. The SMILES string of the molecule is Cc1c(C(=O)C(F)(F)F)c2ccccc2n1C(C)C#N. The van der Waals surface area contributed by atoms with E-state index in [1.54, 1.807) is 25.1 Å². The molecule has 0 aliphatic rings. The molecular weight excluding hydrogens is 269 g/mol. The number of carbonyl (C=O) groups is 1. The van der Waals surface area contributed by atoms with Crippen LogP contribution in [-0.4, -0.2) is 16.5 Å². The standard InChI is InChI=1S/C14H11F3N2O/c1-8(7-18)19-9(2)12(13(20)14(15,16)17)10-5-3-4-6-11(10)19/h3-6,8H,1-2H3. The molecule has 0 saturated carbocycles. The fourth-order valence-corrected chi connectivity index (χ4v) is 2.38. The Kier molecular flexibility index (Phi) is 3.30. The van der Waals surface area contributed by atoms with Gasteiger partial charge >= 0.3 is 6.18 Å². The smallest absolute Gasteiger partial charge is 0.328 e. The molecule has 20 heavy (non-hydrogen) atoms. The van der Waals surface area contributed by atoms with Crippen molar-refractivity contribution in [2.45, 2.75) is 26.1 Å². The number of aromatic nitrogens is 1. The lowest BCUT2D eigenvalue weighted by molar-refractivity contribution is -0.0884. The Balaban J connectivity index is 2.84. The van der Waals surface area contributed by atoms with Crippen molar-refractivity contribution in [1.82, 2.24) is 4.57 Å². The van der Waals surface area contributed by atoms with E-state index in [1.807, 2.05) is 6.07 Å². The van der Waals surface area contributed by atoms with Crippen LogP contribution in [0.5, 0.6) is 0 Å². The Morgan fingerprint density at radius 2 is 1.95 bits per heavy atom. The predicted molar refractivity (Wildman–Crippen MR) is 67.4 cm³/mol. The molecule has 0 N–H and O–H groups in total. The van der Waals surface area contributed by atoms with Crippen molar-refractivity contribution < 1.29 is 18.0 Å². The first-order chi connectivity index (χ1) is 9.29. The second-order valence-electron chi connectivity index (χ2n) is 4.48. The van der Waals surface area contributed by atoms with Crippen molar-refractivity contribution in [3.05, 3.63) is 35.5 Å². The number of rotatable bonds is 2. The summed E-state index contributed by atoms with van der Waals surface area (Å²) in [4.78, 5) is 11.6. The lowest BCUT2D eigenvalue weighted by atomic mass is 10.1. The Labute approximate surface area is 113 Å². The number of hydrogen-bond acceptors (Lipinski definition) is 2. The summed E-state index contributed by atoms with van der Waals surface area (Å²) in [5.74, 6) is -1.88. The highest BCUT2D eigenvalue weighted by molar-refractivity contribution is 6.12. The first-order valence-corrected chi connectivity index (χ1v) is 5.89. The molecule has 1 unspecified atom stereocenters. The van der Waals surface area contributed by atoms with Gasteiger partial charge in [-0.15, -0.1) is 0 Å². The average Bonchev–Trinajstić information content (AvgIpc) is 2.68. The van der Waals surface area contributed by atoms with Gasteiger partial charge in [-0.2, -0.15) is 18.4 Å². The first-order valence-electron chi connectivity index (χ1n) is 5.89. The molecule has 1 heterocycles. The molecule has 0 fully saturated rings. The number of halogens is 3. The van der Waals surface area contributed by atoms with Crippen LogP contribution in [0.15, 0.2) is 24.3 Å².